The molecule has 0 aromatic rings. The van der Waals surface area contributed by atoms with Gasteiger partial charge in [-0.25, -0.2) is 0 Å². The van der Waals surface area contributed by atoms with Gasteiger partial charge in [-0.3, -0.25) is 0 Å². The Morgan fingerprint density at radius 2 is 1.25 bits per heavy atom. The van der Waals surface area contributed by atoms with Crippen LogP contribution in [0.15, 0.2) is 0 Å². The number of nitrogens with one attached hydrogen (secondary N) is 1. The van der Waals surface area contributed by atoms with Gasteiger partial charge < -0.3 is 5.32 Å². The van der Waals surface area contributed by atoms with E-state index in [0.29, 0.717) is 0 Å². The topological polar surface area (TPSA) is 12.0 Å². The van der Waals surface area contributed by atoms with Crippen molar-refractivity contribution in [3.8, 4) is 0 Å². The second-order valence-corrected chi connectivity index (χ2v) is 0.500. The average molecular weight is 69.1 g/mol. The summed E-state index contributed by atoms with van der Waals surface area (Å²) in [5.41, 5.74) is 0. The molecule has 2 heteroatoms. The summed E-state index contributed by atoms with van der Waals surface area (Å²) < 4.78 is 0. The van der Waals surface area contributed by atoms with Gasteiger partial charge in [-0.15, -0.1) is 0 Å². The normalized spacial score (nSPS) is 4.50. The molecular weight excluding hydrogens is 61.0 g/mol. The van der Waals surface area contributed by atoms with E-state index in [1.54, 1.807) is 0 Å². The standard InChI is InChI=1S/C2H7N.Na.H/c1-3-2;;/h3H,1-2H3;;. The third kappa shape index (κ3) is 12.3. The van der Waals surface area contributed by atoms with E-state index in [0.717, 1.165) is 0 Å². The molecular formula is C2H8NNa. The van der Waals surface area contributed by atoms with Crippen LogP contribution >= 0.6 is 0 Å². The minimum absolute atomic E-state index is 0. The molecule has 0 aromatic heterocycles. The molecule has 0 saturated heterocycles. The van der Waals surface area contributed by atoms with Gasteiger partial charge in [0.1, 0.15) is 0 Å². The molecule has 0 unspecified atom stereocenters. The van der Waals surface area contributed by atoms with Gasteiger partial charge in [0.15, 0.2) is 0 Å². The van der Waals surface area contributed by atoms with Crippen molar-refractivity contribution in [3.05, 3.63) is 0 Å². The van der Waals surface area contributed by atoms with Gasteiger partial charge in [-0.1, -0.05) is 0 Å². The minimum atomic E-state index is 0. The summed E-state index contributed by atoms with van der Waals surface area (Å²) in [6.07, 6.45) is 0. The summed E-state index contributed by atoms with van der Waals surface area (Å²) in [5.74, 6) is 0. The van der Waals surface area contributed by atoms with Gasteiger partial charge in [0.05, 0.1) is 0 Å². The Bertz CT molecular complexity index is 6.00. The zero-order valence-electron chi connectivity index (χ0n) is 2.50. The molecule has 0 saturated carbocycles. The fourth-order valence-corrected chi connectivity index (χ4v) is 0. The summed E-state index contributed by atoms with van der Waals surface area (Å²) in [7, 11) is 3.75. The first-order valence-electron chi connectivity index (χ1n) is 1.00. The molecule has 0 heterocycles. The maximum atomic E-state index is 2.75. The fourth-order valence-electron chi connectivity index (χ4n) is 0. The summed E-state index contributed by atoms with van der Waals surface area (Å²) in [6, 6.07) is 0. The molecule has 0 amide bonds. The first-order chi connectivity index (χ1) is 1.41. The van der Waals surface area contributed by atoms with E-state index in [1.807, 2.05) is 14.1 Å². The molecule has 0 aliphatic rings. The van der Waals surface area contributed by atoms with E-state index in [9.17, 15) is 0 Å². The molecule has 4 heavy (non-hydrogen) atoms. The van der Waals surface area contributed by atoms with Crippen LogP contribution in [-0.4, -0.2) is 43.7 Å². The van der Waals surface area contributed by atoms with Crippen LogP contribution in [0.4, 0.5) is 0 Å². The van der Waals surface area contributed by atoms with Crippen molar-refractivity contribution < 1.29 is 0 Å². The molecule has 0 spiro atoms. The van der Waals surface area contributed by atoms with Crippen molar-refractivity contribution in [2.75, 3.05) is 14.1 Å². The van der Waals surface area contributed by atoms with Crippen LogP contribution in [0.2, 0.25) is 0 Å². The molecule has 1 N–H and O–H groups in total. The fraction of sp³-hybridized carbons (Fsp3) is 1.00. The molecule has 0 aliphatic heterocycles. The average Bonchev–Trinajstić information content (AvgIpc) is 0.918. The van der Waals surface area contributed by atoms with Gasteiger partial charge in [0.25, 0.3) is 0 Å². The van der Waals surface area contributed by atoms with Crippen LogP contribution < -0.4 is 5.32 Å². The Hall–Kier alpha value is 0.960. The summed E-state index contributed by atoms with van der Waals surface area (Å²) in [6.45, 7) is 0. The second-order valence-electron chi connectivity index (χ2n) is 0.500. The zero-order valence-corrected chi connectivity index (χ0v) is 2.50. The van der Waals surface area contributed by atoms with Gasteiger partial charge in [0.2, 0.25) is 0 Å². The number of rotatable bonds is 0. The van der Waals surface area contributed by atoms with Crippen molar-refractivity contribution in [3.63, 3.8) is 0 Å². The van der Waals surface area contributed by atoms with Gasteiger partial charge in [-0.05, 0) is 14.1 Å². The van der Waals surface area contributed by atoms with Crippen LogP contribution in [0.3, 0.4) is 0 Å². The number of hydrogen-bond acceptors (Lipinski definition) is 1. The van der Waals surface area contributed by atoms with Crippen LogP contribution in [0.25, 0.3) is 0 Å². The molecule has 1 nitrogen and oxygen atoms in total. The molecule has 0 radical (unpaired) electrons. The molecule has 0 bridgehead atoms. The van der Waals surface area contributed by atoms with Crippen LogP contribution in [0, 0.1) is 0 Å². The Kier molecular flexibility index (Phi) is 20.0. The van der Waals surface area contributed by atoms with E-state index in [2.05, 4.69) is 5.32 Å². The SMILES string of the molecule is CNC.[NaH]. The molecule has 0 atom stereocenters. The predicted octanol–water partition coefficient (Wildman–Crippen LogP) is -0.813. The Morgan fingerprint density at radius 3 is 1.25 bits per heavy atom. The van der Waals surface area contributed by atoms with Crippen LogP contribution in [0.5, 0.6) is 0 Å². The Balaban J connectivity index is 0. The van der Waals surface area contributed by atoms with Crippen molar-refractivity contribution in [1.82, 2.24) is 5.32 Å². The van der Waals surface area contributed by atoms with E-state index >= 15 is 0 Å². The van der Waals surface area contributed by atoms with Gasteiger partial charge in [0, 0.05) is 0 Å². The monoisotopic (exact) mass is 69.1 g/mol. The molecule has 22 valence electrons. The second kappa shape index (κ2) is 9.03. The Labute approximate surface area is 49.1 Å². The van der Waals surface area contributed by atoms with Crippen molar-refractivity contribution in [2.24, 2.45) is 0 Å². The van der Waals surface area contributed by atoms with Crippen LogP contribution in [-0.2, 0) is 0 Å². The van der Waals surface area contributed by atoms with Crippen LogP contribution in [0.1, 0.15) is 0 Å². The van der Waals surface area contributed by atoms with E-state index in [-0.39, 0.29) is 29.6 Å². The summed E-state index contributed by atoms with van der Waals surface area (Å²) in [4.78, 5) is 0. The molecule has 0 aromatic carbocycles. The molecule has 0 aliphatic carbocycles. The number of hydrogen-bond donors (Lipinski definition) is 1. The summed E-state index contributed by atoms with van der Waals surface area (Å²) >= 11 is 0. The van der Waals surface area contributed by atoms with E-state index in [1.165, 1.54) is 0 Å². The zero-order chi connectivity index (χ0) is 2.71. The predicted molar refractivity (Wildman–Crippen MR) is 22.1 cm³/mol. The van der Waals surface area contributed by atoms with Crippen molar-refractivity contribution in [2.45, 2.75) is 0 Å². The van der Waals surface area contributed by atoms with E-state index < -0.39 is 0 Å². The van der Waals surface area contributed by atoms with E-state index in [4.69, 9.17) is 0 Å². The summed E-state index contributed by atoms with van der Waals surface area (Å²) in [5, 5.41) is 2.75. The van der Waals surface area contributed by atoms with Gasteiger partial charge in [-0.2, -0.15) is 0 Å². The van der Waals surface area contributed by atoms with Crippen molar-refractivity contribution >= 4 is 29.6 Å². The first-order valence-corrected chi connectivity index (χ1v) is 1.00. The first kappa shape index (κ1) is 8.88. The third-order valence-corrected chi connectivity index (χ3v) is 0. The van der Waals surface area contributed by atoms with Gasteiger partial charge >= 0.3 is 29.6 Å². The molecule has 0 fully saturated rings. The Morgan fingerprint density at radius 1 is 1.25 bits per heavy atom. The maximum absolute atomic E-state index is 2.75. The molecule has 0 rings (SSSR count). The third-order valence-electron chi connectivity index (χ3n) is 0. The van der Waals surface area contributed by atoms with Crippen molar-refractivity contribution in [1.29, 1.82) is 0 Å². The quantitative estimate of drug-likeness (QED) is 0.367.